The van der Waals surface area contributed by atoms with Gasteiger partial charge in [-0.1, -0.05) is 66.7 Å². The molecule has 0 saturated heterocycles. The van der Waals surface area contributed by atoms with E-state index in [2.05, 4.69) is 45.0 Å². The van der Waals surface area contributed by atoms with Crippen molar-refractivity contribution in [1.29, 1.82) is 0 Å². The zero-order valence-electron chi connectivity index (χ0n) is 17.4. The van der Waals surface area contributed by atoms with Crippen LogP contribution in [-0.2, 0) is 10.0 Å². The highest BCUT2D eigenvalue weighted by molar-refractivity contribution is 7.92. The Balaban J connectivity index is 1.46. The van der Waals surface area contributed by atoms with Crippen molar-refractivity contribution in [2.75, 3.05) is 11.0 Å². The first-order valence-corrected chi connectivity index (χ1v) is 12.1. The fraction of sp³-hybridized carbons (Fsp3) is 0.0385. The van der Waals surface area contributed by atoms with Gasteiger partial charge in [0.05, 0.1) is 23.0 Å². The van der Waals surface area contributed by atoms with Gasteiger partial charge in [0.2, 0.25) is 10.0 Å². The lowest BCUT2D eigenvalue weighted by molar-refractivity contribution is 0.607. The molecule has 158 valence electrons. The number of hydrogen-bond donors (Lipinski definition) is 2. The quantitative estimate of drug-likeness (QED) is 0.357. The average Bonchev–Trinajstić information content (AvgIpc) is 3.19. The fourth-order valence-electron chi connectivity index (χ4n) is 3.79. The second kappa shape index (κ2) is 7.98. The van der Waals surface area contributed by atoms with Gasteiger partial charge in [-0.25, -0.2) is 13.4 Å². The van der Waals surface area contributed by atoms with E-state index in [1.165, 1.54) is 10.8 Å². The van der Waals surface area contributed by atoms with Crippen molar-refractivity contribution < 1.29 is 8.42 Å². The van der Waals surface area contributed by atoms with Crippen LogP contribution in [0.5, 0.6) is 0 Å². The number of H-pyrrole nitrogens is 1. The molecule has 1 aromatic heterocycles. The minimum Gasteiger partial charge on any atom is -0.338 e. The van der Waals surface area contributed by atoms with Crippen LogP contribution in [0.15, 0.2) is 84.9 Å². The highest BCUT2D eigenvalue weighted by atomic mass is 32.2. The Morgan fingerprint density at radius 2 is 1.62 bits per heavy atom. The van der Waals surface area contributed by atoms with Gasteiger partial charge in [0, 0.05) is 5.56 Å². The van der Waals surface area contributed by atoms with Crippen LogP contribution in [0, 0.1) is 0 Å². The normalized spacial score (nSPS) is 12.0. The third-order valence-corrected chi connectivity index (χ3v) is 5.83. The molecule has 0 bridgehead atoms. The predicted octanol–water partition coefficient (Wildman–Crippen LogP) is 5.93. The van der Waals surface area contributed by atoms with Crippen molar-refractivity contribution in [3.63, 3.8) is 0 Å². The van der Waals surface area contributed by atoms with Gasteiger partial charge in [0.25, 0.3) is 0 Å². The lowest BCUT2D eigenvalue weighted by atomic mass is 10.0. The Kier molecular flexibility index (Phi) is 4.99. The van der Waals surface area contributed by atoms with Gasteiger partial charge < -0.3 is 4.98 Å². The summed E-state index contributed by atoms with van der Waals surface area (Å²) in [7, 11) is -3.37. The van der Waals surface area contributed by atoms with Crippen LogP contribution in [0.25, 0.3) is 45.1 Å². The fourth-order valence-corrected chi connectivity index (χ4v) is 4.36. The van der Waals surface area contributed by atoms with Gasteiger partial charge in [0.1, 0.15) is 5.82 Å². The third-order valence-electron chi connectivity index (χ3n) is 5.24. The van der Waals surface area contributed by atoms with Crippen LogP contribution >= 0.6 is 0 Å². The molecule has 0 saturated carbocycles. The molecule has 0 amide bonds. The van der Waals surface area contributed by atoms with E-state index in [-0.39, 0.29) is 0 Å². The van der Waals surface area contributed by atoms with Crippen LogP contribution in [0.3, 0.4) is 0 Å². The smallest absolute Gasteiger partial charge is 0.229 e. The Morgan fingerprint density at radius 3 is 2.47 bits per heavy atom. The maximum absolute atomic E-state index is 11.7. The predicted molar refractivity (Wildman–Crippen MR) is 133 cm³/mol. The van der Waals surface area contributed by atoms with E-state index in [9.17, 15) is 8.42 Å². The van der Waals surface area contributed by atoms with Crippen molar-refractivity contribution >= 4 is 49.7 Å². The van der Waals surface area contributed by atoms with Gasteiger partial charge >= 0.3 is 0 Å². The van der Waals surface area contributed by atoms with Crippen molar-refractivity contribution in [3.05, 3.63) is 96.3 Å². The van der Waals surface area contributed by atoms with Gasteiger partial charge in [0.15, 0.2) is 0 Å². The van der Waals surface area contributed by atoms with Gasteiger partial charge in [-0.05, 0) is 52.2 Å². The first-order chi connectivity index (χ1) is 15.4. The van der Waals surface area contributed by atoms with Crippen LogP contribution in [0.4, 0.5) is 5.69 Å². The molecular formula is C26H21N3O2S. The van der Waals surface area contributed by atoms with E-state index in [1.807, 2.05) is 54.6 Å². The summed E-state index contributed by atoms with van der Waals surface area (Å²) in [5.41, 5.74) is 5.09. The molecule has 5 rings (SSSR count). The van der Waals surface area contributed by atoms with Gasteiger partial charge in [-0.2, -0.15) is 0 Å². The Labute approximate surface area is 186 Å². The summed E-state index contributed by atoms with van der Waals surface area (Å²) in [6.45, 7) is 0. The van der Waals surface area contributed by atoms with E-state index in [0.29, 0.717) is 5.69 Å². The minimum atomic E-state index is -3.37. The maximum atomic E-state index is 11.7. The molecule has 0 atom stereocenters. The number of nitrogens with zero attached hydrogens (tertiary/aromatic N) is 1. The minimum absolute atomic E-state index is 0.547. The van der Waals surface area contributed by atoms with Crippen molar-refractivity contribution in [3.8, 4) is 11.1 Å². The molecule has 0 unspecified atom stereocenters. The van der Waals surface area contributed by atoms with Crippen LogP contribution < -0.4 is 4.72 Å². The second-order valence-electron chi connectivity index (χ2n) is 7.71. The largest absolute Gasteiger partial charge is 0.338 e. The molecule has 1 heterocycles. The first-order valence-electron chi connectivity index (χ1n) is 10.2. The molecule has 0 radical (unpaired) electrons. The summed E-state index contributed by atoms with van der Waals surface area (Å²) in [5, 5.41) is 2.41. The molecule has 0 aliphatic rings. The number of sulfonamides is 1. The first kappa shape index (κ1) is 20.0. The second-order valence-corrected chi connectivity index (χ2v) is 9.46. The number of anilines is 1. The number of benzene rings is 4. The standard InChI is InChI=1S/C26H21N3O2S/c1-32(30,31)29-23-9-5-4-8-22(23)21-13-14-24-25(17-21)28-26(27-24)15-11-18-10-12-19-6-2-3-7-20(19)16-18/h2-17,29H,1H3,(H,27,28)/b15-11+. The summed E-state index contributed by atoms with van der Waals surface area (Å²) >= 11 is 0. The molecular weight excluding hydrogens is 418 g/mol. The number of aromatic nitrogens is 2. The number of aromatic amines is 1. The Morgan fingerprint density at radius 1 is 0.844 bits per heavy atom. The van der Waals surface area contributed by atoms with Crippen LogP contribution in [0.2, 0.25) is 0 Å². The van der Waals surface area contributed by atoms with E-state index < -0.39 is 10.0 Å². The molecule has 5 aromatic rings. The summed E-state index contributed by atoms with van der Waals surface area (Å²) < 4.78 is 26.0. The van der Waals surface area contributed by atoms with Crippen LogP contribution in [-0.4, -0.2) is 24.6 Å². The van der Waals surface area contributed by atoms with Crippen molar-refractivity contribution in [1.82, 2.24) is 9.97 Å². The zero-order valence-corrected chi connectivity index (χ0v) is 18.2. The summed E-state index contributed by atoms with van der Waals surface area (Å²) in [6, 6.07) is 27.8. The third kappa shape index (κ3) is 4.26. The lowest BCUT2D eigenvalue weighted by Crippen LogP contribution is -2.10. The van der Waals surface area contributed by atoms with Crippen molar-refractivity contribution in [2.45, 2.75) is 0 Å². The van der Waals surface area contributed by atoms with Crippen molar-refractivity contribution in [2.24, 2.45) is 0 Å². The highest BCUT2D eigenvalue weighted by Gasteiger charge is 2.10. The highest BCUT2D eigenvalue weighted by Crippen LogP contribution is 2.30. The molecule has 0 fully saturated rings. The molecule has 6 heteroatoms. The van der Waals surface area contributed by atoms with Crippen LogP contribution in [0.1, 0.15) is 11.4 Å². The van der Waals surface area contributed by atoms with E-state index in [1.54, 1.807) is 12.1 Å². The lowest BCUT2D eigenvalue weighted by Gasteiger charge is -2.10. The summed E-state index contributed by atoms with van der Waals surface area (Å²) in [5.74, 6) is 0.757. The summed E-state index contributed by atoms with van der Waals surface area (Å²) in [4.78, 5) is 8.00. The van der Waals surface area contributed by atoms with E-state index >= 15 is 0 Å². The molecule has 4 aromatic carbocycles. The topological polar surface area (TPSA) is 74.8 Å². The SMILES string of the molecule is CS(=O)(=O)Nc1ccccc1-c1ccc2nc(/C=C/c3ccc4ccccc4c3)[nH]c2c1. The van der Waals surface area contributed by atoms with Gasteiger partial charge in [-0.3, -0.25) is 4.72 Å². The van der Waals surface area contributed by atoms with Gasteiger partial charge in [-0.15, -0.1) is 0 Å². The molecule has 5 nitrogen and oxygen atoms in total. The number of fused-ring (bicyclic) bond motifs is 2. The number of para-hydroxylation sites is 1. The molecule has 32 heavy (non-hydrogen) atoms. The molecule has 2 N–H and O–H groups in total. The number of rotatable bonds is 5. The van der Waals surface area contributed by atoms with E-state index in [4.69, 9.17) is 0 Å². The monoisotopic (exact) mass is 439 g/mol. The van der Waals surface area contributed by atoms with E-state index in [0.717, 1.165) is 39.8 Å². The number of imidazole rings is 1. The number of nitrogens with one attached hydrogen (secondary N) is 2. The molecule has 0 aliphatic carbocycles. The maximum Gasteiger partial charge on any atom is 0.229 e. The molecule has 0 spiro atoms. The Bertz CT molecular complexity index is 1580. The Hall–Kier alpha value is -3.90. The summed E-state index contributed by atoms with van der Waals surface area (Å²) in [6.07, 6.45) is 5.15. The zero-order chi connectivity index (χ0) is 22.1. The number of hydrogen-bond acceptors (Lipinski definition) is 3. The molecule has 0 aliphatic heterocycles. The average molecular weight is 440 g/mol.